The largest absolute Gasteiger partial charge is 0.352 e. The highest BCUT2D eigenvalue weighted by molar-refractivity contribution is 5.76. The van der Waals surface area contributed by atoms with Crippen molar-refractivity contribution < 1.29 is 4.79 Å². The molecule has 0 aliphatic carbocycles. The number of carbonyl (C=O) groups is 1. The number of nitrogens with zero attached hydrogens (tertiary/aromatic N) is 3. The van der Waals surface area contributed by atoms with Gasteiger partial charge < -0.3 is 5.32 Å². The first-order valence-electron chi connectivity index (χ1n) is 6.40. The zero-order chi connectivity index (χ0) is 13.5. The van der Waals surface area contributed by atoms with Crippen molar-refractivity contribution in [1.82, 2.24) is 20.1 Å². The minimum atomic E-state index is 0.0463. The van der Waals surface area contributed by atoms with Gasteiger partial charge in [0.15, 0.2) is 0 Å². The summed E-state index contributed by atoms with van der Waals surface area (Å²) in [6.45, 7) is 2.60. The van der Waals surface area contributed by atoms with Crippen LogP contribution in [-0.2, 0) is 17.8 Å². The molecule has 0 saturated carbocycles. The molecule has 2 aromatic rings. The molecule has 0 radical (unpaired) electrons. The number of hydrogen-bond donors (Lipinski definition) is 1. The van der Waals surface area contributed by atoms with Gasteiger partial charge in [-0.1, -0.05) is 30.3 Å². The number of aromatic nitrogens is 3. The predicted molar refractivity (Wildman–Crippen MR) is 72.4 cm³/mol. The third-order valence-corrected chi connectivity index (χ3v) is 2.82. The molecule has 0 fully saturated rings. The Kier molecular flexibility index (Phi) is 4.66. The van der Waals surface area contributed by atoms with E-state index in [1.807, 2.05) is 37.3 Å². The number of aryl methyl sites for hydroxylation is 1. The van der Waals surface area contributed by atoms with E-state index < -0.39 is 0 Å². The fourth-order valence-electron chi connectivity index (χ4n) is 1.90. The van der Waals surface area contributed by atoms with E-state index >= 15 is 0 Å². The third kappa shape index (κ3) is 4.54. The molecule has 1 atom stereocenters. The lowest BCUT2D eigenvalue weighted by molar-refractivity contribution is -0.121. The van der Waals surface area contributed by atoms with Gasteiger partial charge in [-0.2, -0.15) is 5.10 Å². The zero-order valence-corrected chi connectivity index (χ0v) is 11.0. The lowest BCUT2D eigenvalue weighted by Crippen LogP contribution is -2.35. The highest BCUT2D eigenvalue weighted by Gasteiger charge is 2.08. The van der Waals surface area contributed by atoms with Gasteiger partial charge in [0.1, 0.15) is 12.7 Å². The summed E-state index contributed by atoms with van der Waals surface area (Å²) in [4.78, 5) is 15.7. The molecule has 0 spiro atoms. The van der Waals surface area contributed by atoms with Crippen molar-refractivity contribution in [2.75, 3.05) is 0 Å². The molecule has 0 saturated heterocycles. The van der Waals surface area contributed by atoms with Crippen LogP contribution >= 0.6 is 0 Å². The highest BCUT2D eigenvalue weighted by atomic mass is 16.1. The molecule has 0 bridgehead atoms. The summed E-state index contributed by atoms with van der Waals surface area (Å²) in [6.07, 6.45) is 4.41. The first-order chi connectivity index (χ1) is 9.24. The number of benzene rings is 1. The molecular weight excluding hydrogens is 240 g/mol. The molecule has 5 heteroatoms. The van der Waals surface area contributed by atoms with E-state index in [1.54, 1.807) is 11.0 Å². The minimum absolute atomic E-state index is 0.0463. The number of rotatable bonds is 6. The first kappa shape index (κ1) is 13.3. The van der Waals surface area contributed by atoms with Gasteiger partial charge in [0, 0.05) is 12.5 Å². The van der Waals surface area contributed by atoms with Crippen molar-refractivity contribution >= 4 is 5.91 Å². The summed E-state index contributed by atoms with van der Waals surface area (Å²) < 4.78 is 1.71. The van der Waals surface area contributed by atoms with E-state index in [1.165, 1.54) is 11.9 Å². The third-order valence-electron chi connectivity index (χ3n) is 2.82. The minimum Gasteiger partial charge on any atom is -0.352 e. The molecule has 2 rings (SSSR count). The van der Waals surface area contributed by atoms with Crippen LogP contribution in [0.25, 0.3) is 0 Å². The maximum atomic E-state index is 11.8. The van der Waals surface area contributed by atoms with Crippen LogP contribution in [0.1, 0.15) is 18.9 Å². The van der Waals surface area contributed by atoms with Crippen molar-refractivity contribution in [3.05, 3.63) is 48.5 Å². The molecule has 0 aliphatic rings. The van der Waals surface area contributed by atoms with Crippen molar-refractivity contribution in [1.29, 1.82) is 0 Å². The fraction of sp³-hybridized carbons (Fsp3) is 0.357. The lowest BCUT2D eigenvalue weighted by atomic mass is 10.1. The Bertz CT molecular complexity index is 495. The molecule has 19 heavy (non-hydrogen) atoms. The summed E-state index contributed by atoms with van der Waals surface area (Å²) in [5, 5.41) is 6.97. The van der Waals surface area contributed by atoms with Crippen molar-refractivity contribution in [2.24, 2.45) is 0 Å². The van der Waals surface area contributed by atoms with Crippen LogP contribution in [0, 0.1) is 0 Å². The molecule has 5 nitrogen and oxygen atoms in total. The Hall–Kier alpha value is -2.17. The highest BCUT2D eigenvalue weighted by Crippen LogP contribution is 2.02. The Morgan fingerprint density at radius 2 is 2.16 bits per heavy atom. The molecule has 1 unspecified atom stereocenters. The molecule has 1 amide bonds. The molecule has 100 valence electrons. The molecule has 1 aromatic carbocycles. The maximum Gasteiger partial charge on any atom is 0.220 e. The van der Waals surface area contributed by atoms with Crippen LogP contribution in [0.3, 0.4) is 0 Å². The number of hydrogen-bond acceptors (Lipinski definition) is 3. The lowest BCUT2D eigenvalue weighted by Gasteiger charge is -2.13. The summed E-state index contributed by atoms with van der Waals surface area (Å²) in [5.74, 6) is 0.0662. The second kappa shape index (κ2) is 6.68. The van der Waals surface area contributed by atoms with Gasteiger partial charge in [-0.05, 0) is 18.9 Å². The number of amides is 1. The number of carbonyl (C=O) groups excluding carboxylic acids is 1. The zero-order valence-electron chi connectivity index (χ0n) is 11.0. The summed E-state index contributed by atoms with van der Waals surface area (Å²) in [7, 11) is 0. The van der Waals surface area contributed by atoms with E-state index in [4.69, 9.17) is 0 Å². The smallest absolute Gasteiger partial charge is 0.220 e. The summed E-state index contributed by atoms with van der Waals surface area (Å²) >= 11 is 0. The first-order valence-corrected chi connectivity index (χ1v) is 6.40. The standard InChI is InChI=1S/C14H18N4O/c1-12(9-18-11-15-10-16-18)17-14(19)8-7-13-5-3-2-4-6-13/h2-6,10-12H,7-9H2,1H3,(H,17,19). The maximum absolute atomic E-state index is 11.8. The Labute approximate surface area is 112 Å². The van der Waals surface area contributed by atoms with E-state index in [0.717, 1.165) is 6.42 Å². The topological polar surface area (TPSA) is 59.8 Å². The Balaban J connectivity index is 1.72. The Morgan fingerprint density at radius 1 is 1.37 bits per heavy atom. The van der Waals surface area contributed by atoms with Crippen LogP contribution in [-0.4, -0.2) is 26.7 Å². The van der Waals surface area contributed by atoms with Crippen LogP contribution in [0.2, 0.25) is 0 Å². The van der Waals surface area contributed by atoms with Crippen LogP contribution < -0.4 is 5.32 Å². The monoisotopic (exact) mass is 258 g/mol. The van der Waals surface area contributed by atoms with Crippen LogP contribution in [0.15, 0.2) is 43.0 Å². The van der Waals surface area contributed by atoms with E-state index in [9.17, 15) is 4.79 Å². The van der Waals surface area contributed by atoms with E-state index in [0.29, 0.717) is 13.0 Å². The van der Waals surface area contributed by atoms with Crippen molar-refractivity contribution in [3.8, 4) is 0 Å². The van der Waals surface area contributed by atoms with Crippen molar-refractivity contribution in [2.45, 2.75) is 32.4 Å². The van der Waals surface area contributed by atoms with Gasteiger partial charge in [-0.15, -0.1) is 0 Å². The SMILES string of the molecule is CC(Cn1cncn1)NC(=O)CCc1ccccc1. The quantitative estimate of drug-likeness (QED) is 0.852. The van der Waals surface area contributed by atoms with Gasteiger partial charge in [0.2, 0.25) is 5.91 Å². The van der Waals surface area contributed by atoms with Gasteiger partial charge in [0.05, 0.1) is 6.54 Å². The van der Waals surface area contributed by atoms with Gasteiger partial charge in [-0.25, -0.2) is 4.98 Å². The average Bonchev–Trinajstić information content (AvgIpc) is 2.90. The average molecular weight is 258 g/mol. The second-order valence-electron chi connectivity index (χ2n) is 4.57. The summed E-state index contributed by atoms with van der Waals surface area (Å²) in [5.41, 5.74) is 1.18. The number of nitrogens with one attached hydrogen (secondary N) is 1. The predicted octanol–water partition coefficient (Wildman–Crippen LogP) is 1.42. The molecule has 0 aliphatic heterocycles. The van der Waals surface area contributed by atoms with E-state index in [-0.39, 0.29) is 11.9 Å². The molecular formula is C14H18N4O. The Morgan fingerprint density at radius 3 is 2.84 bits per heavy atom. The van der Waals surface area contributed by atoms with Crippen LogP contribution in [0.4, 0.5) is 0 Å². The fourth-order valence-corrected chi connectivity index (χ4v) is 1.90. The molecule has 1 N–H and O–H groups in total. The van der Waals surface area contributed by atoms with Gasteiger partial charge in [0.25, 0.3) is 0 Å². The molecule has 1 aromatic heterocycles. The molecule has 1 heterocycles. The van der Waals surface area contributed by atoms with Gasteiger partial charge in [-0.3, -0.25) is 9.48 Å². The normalized spacial score (nSPS) is 12.1. The van der Waals surface area contributed by atoms with Crippen LogP contribution in [0.5, 0.6) is 0 Å². The summed E-state index contributed by atoms with van der Waals surface area (Å²) in [6, 6.07) is 10.1. The second-order valence-corrected chi connectivity index (χ2v) is 4.57. The van der Waals surface area contributed by atoms with Crippen molar-refractivity contribution in [3.63, 3.8) is 0 Å². The van der Waals surface area contributed by atoms with Gasteiger partial charge >= 0.3 is 0 Å². The van der Waals surface area contributed by atoms with E-state index in [2.05, 4.69) is 15.4 Å².